The summed E-state index contributed by atoms with van der Waals surface area (Å²) in [5.41, 5.74) is 0.994. The van der Waals surface area contributed by atoms with Crippen LogP contribution in [-0.2, 0) is 9.53 Å². The number of carbonyl (C=O) groups is 1. The quantitative estimate of drug-likeness (QED) is 0.637. The highest BCUT2D eigenvalue weighted by Crippen LogP contribution is 2.32. The van der Waals surface area contributed by atoms with Crippen molar-refractivity contribution < 1.29 is 14.6 Å². The van der Waals surface area contributed by atoms with Gasteiger partial charge in [-0.15, -0.1) is 0 Å². The Balaban J connectivity index is 2.15. The van der Waals surface area contributed by atoms with Crippen LogP contribution in [0, 0.1) is 5.92 Å². The summed E-state index contributed by atoms with van der Waals surface area (Å²) >= 11 is 0. The number of aliphatic hydroxyl groups excluding tert-OH is 1. The van der Waals surface area contributed by atoms with Gasteiger partial charge in [0.1, 0.15) is 0 Å². The minimum absolute atomic E-state index is 0.0800. The largest absolute Gasteiger partial charge is 0.465 e. The third-order valence-electron chi connectivity index (χ3n) is 2.94. The van der Waals surface area contributed by atoms with Gasteiger partial charge < -0.3 is 9.84 Å². The molecule has 0 aliphatic carbocycles. The lowest BCUT2D eigenvalue weighted by molar-refractivity contribution is -0.139. The molecule has 90 valence electrons. The number of carbonyl (C=O) groups excluding carboxylic acids is 1. The van der Waals surface area contributed by atoms with E-state index < -0.39 is 0 Å². The molecule has 1 aromatic carbocycles. The lowest BCUT2D eigenvalue weighted by Gasteiger charge is -2.11. The van der Waals surface area contributed by atoms with Gasteiger partial charge in [-0.1, -0.05) is 42.5 Å². The average Bonchev–Trinajstić information content (AvgIpc) is 2.72. The lowest BCUT2D eigenvalue weighted by Crippen LogP contribution is -2.12. The Morgan fingerprint density at radius 1 is 1.35 bits per heavy atom. The van der Waals surface area contributed by atoms with Crippen LogP contribution in [0.3, 0.4) is 0 Å². The first-order chi connectivity index (χ1) is 8.33. The normalized spacial score (nSPS) is 24.2. The predicted octanol–water partition coefficient (Wildman–Crippen LogP) is 1.88. The first kappa shape index (κ1) is 11.9. The minimum atomic E-state index is -0.203. The fourth-order valence-corrected chi connectivity index (χ4v) is 2.10. The molecule has 0 bridgehead atoms. The fourth-order valence-electron chi connectivity index (χ4n) is 2.10. The van der Waals surface area contributed by atoms with Crippen molar-refractivity contribution in [2.45, 2.75) is 12.3 Å². The number of cyclic esters (lactones) is 1. The number of aliphatic hydroxyl groups is 1. The van der Waals surface area contributed by atoms with Crippen molar-refractivity contribution in [1.29, 1.82) is 0 Å². The topological polar surface area (TPSA) is 46.5 Å². The molecule has 1 aliphatic rings. The van der Waals surface area contributed by atoms with Gasteiger partial charge in [-0.2, -0.15) is 0 Å². The summed E-state index contributed by atoms with van der Waals surface area (Å²) in [7, 11) is 0. The van der Waals surface area contributed by atoms with E-state index in [2.05, 4.69) is 0 Å². The van der Waals surface area contributed by atoms with Crippen LogP contribution in [0.25, 0.3) is 0 Å². The van der Waals surface area contributed by atoms with Crippen molar-refractivity contribution >= 4 is 5.97 Å². The van der Waals surface area contributed by atoms with E-state index in [0.29, 0.717) is 13.0 Å². The first-order valence-electron chi connectivity index (χ1n) is 5.82. The molecule has 3 heteroatoms. The van der Waals surface area contributed by atoms with Gasteiger partial charge >= 0.3 is 5.97 Å². The van der Waals surface area contributed by atoms with Gasteiger partial charge in [-0.25, -0.2) is 0 Å². The molecule has 0 amide bonds. The summed E-state index contributed by atoms with van der Waals surface area (Å²) in [6, 6.07) is 9.68. The van der Waals surface area contributed by atoms with Crippen molar-refractivity contribution in [1.82, 2.24) is 0 Å². The van der Waals surface area contributed by atoms with E-state index in [0.717, 1.165) is 5.56 Å². The van der Waals surface area contributed by atoms with Crippen LogP contribution in [0.15, 0.2) is 42.5 Å². The van der Waals surface area contributed by atoms with E-state index in [9.17, 15) is 4.79 Å². The summed E-state index contributed by atoms with van der Waals surface area (Å²) in [5, 5.41) is 8.73. The number of benzene rings is 1. The lowest BCUT2D eigenvalue weighted by atomic mass is 9.88. The predicted molar refractivity (Wildman–Crippen MR) is 64.5 cm³/mol. The molecule has 0 spiro atoms. The van der Waals surface area contributed by atoms with Crippen LogP contribution >= 0.6 is 0 Å². The second-order valence-corrected chi connectivity index (χ2v) is 4.12. The SMILES string of the molecule is O=C1OCC(/C=C/CCO)[C@H]1c1ccccc1. The number of ether oxygens (including phenoxy) is 1. The zero-order valence-corrected chi connectivity index (χ0v) is 9.58. The standard InChI is InChI=1S/C14H16O3/c15-9-5-4-8-12-10-17-14(16)13(12)11-6-2-1-3-7-11/h1-4,6-8,12-13,15H,5,9-10H2/b8-4+/t12?,13-/m1/s1. The molecular formula is C14H16O3. The molecule has 1 N–H and O–H groups in total. The molecule has 1 aromatic rings. The highest BCUT2D eigenvalue weighted by molar-refractivity contribution is 5.80. The summed E-state index contributed by atoms with van der Waals surface area (Å²) in [6.45, 7) is 0.564. The monoisotopic (exact) mass is 232 g/mol. The van der Waals surface area contributed by atoms with Crippen LogP contribution in [0.4, 0.5) is 0 Å². The zero-order valence-electron chi connectivity index (χ0n) is 9.58. The van der Waals surface area contributed by atoms with Crippen LogP contribution in [-0.4, -0.2) is 24.3 Å². The van der Waals surface area contributed by atoms with Gasteiger partial charge in [0.05, 0.1) is 12.5 Å². The first-order valence-corrected chi connectivity index (χ1v) is 5.82. The highest BCUT2D eigenvalue weighted by atomic mass is 16.5. The Morgan fingerprint density at radius 2 is 2.12 bits per heavy atom. The van der Waals surface area contributed by atoms with Gasteiger partial charge in [0.15, 0.2) is 0 Å². The molecule has 2 rings (SSSR count). The third-order valence-corrected chi connectivity index (χ3v) is 2.94. The van der Waals surface area contributed by atoms with Crippen LogP contribution in [0.1, 0.15) is 17.9 Å². The average molecular weight is 232 g/mol. The molecule has 2 atom stereocenters. The molecule has 17 heavy (non-hydrogen) atoms. The third kappa shape index (κ3) is 2.74. The molecule has 0 aromatic heterocycles. The molecule has 1 heterocycles. The highest BCUT2D eigenvalue weighted by Gasteiger charge is 2.36. The number of rotatable bonds is 4. The molecule has 1 saturated heterocycles. The summed E-state index contributed by atoms with van der Waals surface area (Å²) in [6.07, 6.45) is 4.49. The van der Waals surface area contributed by atoms with Crippen molar-refractivity contribution in [2.24, 2.45) is 5.92 Å². The zero-order chi connectivity index (χ0) is 12.1. The van der Waals surface area contributed by atoms with Crippen molar-refractivity contribution in [3.8, 4) is 0 Å². The van der Waals surface area contributed by atoms with Crippen molar-refractivity contribution in [2.75, 3.05) is 13.2 Å². The molecule has 1 fully saturated rings. The number of hydrogen-bond donors (Lipinski definition) is 1. The molecular weight excluding hydrogens is 216 g/mol. The van der Waals surface area contributed by atoms with Gasteiger partial charge in [0, 0.05) is 12.5 Å². The van der Waals surface area contributed by atoms with E-state index in [-0.39, 0.29) is 24.4 Å². The van der Waals surface area contributed by atoms with E-state index in [1.165, 1.54) is 0 Å². The van der Waals surface area contributed by atoms with Gasteiger partial charge in [-0.3, -0.25) is 4.79 Å². The number of esters is 1. The Hall–Kier alpha value is -1.61. The van der Waals surface area contributed by atoms with E-state index >= 15 is 0 Å². The summed E-state index contributed by atoms with van der Waals surface area (Å²) in [4.78, 5) is 11.7. The second kappa shape index (κ2) is 5.64. The Kier molecular flexibility index (Phi) is 3.94. The molecule has 0 radical (unpaired) electrons. The van der Waals surface area contributed by atoms with Crippen molar-refractivity contribution in [3.05, 3.63) is 48.0 Å². The van der Waals surface area contributed by atoms with E-state index in [1.807, 2.05) is 42.5 Å². The molecule has 1 aliphatic heterocycles. The molecule has 3 nitrogen and oxygen atoms in total. The van der Waals surface area contributed by atoms with E-state index in [1.54, 1.807) is 0 Å². The van der Waals surface area contributed by atoms with Crippen LogP contribution in [0.2, 0.25) is 0 Å². The molecule has 0 saturated carbocycles. The smallest absolute Gasteiger partial charge is 0.314 e. The van der Waals surface area contributed by atoms with Crippen molar-refractivity contribution in [3.63, 3.8) is 0 Å². The maximum absolute atomic E-state index is 11.7. The second-order valence-electron chi connectivity index (χ2n) is 4.12. The fraction of sp³-hybridized carbons (Fsp3) is 0.357. The minimum Gasteiger partial charge on any atom is -0.465 e. The Morgan fingerprint density at radius 3 is 2.82 bits per heavy atom. The Labute approximate surface area is 101 Å². The maximum Gasteiger partial charge on any atom is 0.314 e. The summed E-state index contributed by atoms with van der Waals surface area (Å²) < 4.78 is 5.11. The maximum atomic E-state index is 11.7. The van der Waals surface area contributed by atoms with Gasteiger partial charge in [0.2, 0.25) is 0 Å². The molecule has 1 unspecified atom stereocenters. The van der Waals surface area contributed by atoms with E-state index in [4.69, 9.17) is 9.84 Å². The number of hydrogen-bond acceptors (Lipinski definition) is 3. The van der Waals surface area contributed by atoms with Gasteiger partial charge in [0.25, 0.3) is 0 Å². The summed E-state index contributed by atoms with van der Waals surface area (Å²) in [5.74, 6) is -0.280. The van der Waals surface area contributed by atoms with Crippen LogP contribution < -0.4 is 0 Å². The Bertz CT molecular complexity index is 397. The van der Waals surface area contributed by atoms with Crippen LogP contribution in [0.5, 0.6) is 0 Å². The van der Waals surface area contributed by atoms with Gasteiger partial charge in [-0.05, 0) is 12.0 Å².